The molecule has 4 heteroatoms. The van der Waals surface area contributed by atoms with Gasteiger partial charge in [-0.25, -0.2) is 0 Å². The molecule has 1 heterocycles. The Hall–Kier alpha value is -1.84. The van der Waals surface area contributed by atoms with Crippen molar-refractivity contribution in [1.29, 1.82) is 0 Å². The summed E-state index contributed by atoms with van der Waals surface area (Å²) in [6.07, 6.45) is 5.20. The number of likely N-dealkylation sites (N-methyl/N-ethyl adjacent to an activating group) is 1. The van der Waals surface area contributed by atoms with Crippen molar-refractivity contribution in [3.05, 3.63) is 35.4 Å². The first kappa shape index (κ1) is 15.1. The van der Waals surface area contributed by atoms with E-state index in [1.807, 2.05) is 11.9 Å². The molecule has 0 spiro atoms. The second kappa shape index (κ2) is 6.51. The number of hydrogen-bond donors (Lipinski definition) is 0. The van der Waals surface area contributed by atoms with Crippen LogP contribution in [0.15, 0.2) is 29.4 Å². The Bertz CT molecular complexity index is 559. The minimum atomic E-state index is -0.0216. The molecular weight excluding hydrogens is 276 g/mol. The van der Waals surface area contributed by atoms with Crippen molar-refractivity contribution in [2.75, 3.05) is 13.6 Å². The third-order valence-corrected chi connectivity index (χ3v) is 4.68. The van der Waals surface area contributed by atoms with Crippen LogP contribution in [-0.2, 0) is 9.63 Å². The Morgan fingerprint density at radius 2 is 1.95 bits per heavy atom. The monoisotopic (exact) mass is 300 g/mol. The highest BCUT2D eigenvalue weighted by Crippen LogP contribution is 2.27. The van der Waals surface area contributed by atoms with Gasteiger partial charge in [0, 0.05) is 19.4 Å². The molecular formula is C18H24N2O2. The number of carbonyl (C=O) groups excluding carboxylic acids is 1. The van der Waals surface area contributed by atoms with Crippen LogP contribution in [-0.4, -0.2) is 36.2 Å². The first-order valence-corrected chi connectivity index (χ1v) is 8.18. The zero-order chi connectivity index (χ0) is 15.5. The molecule has 1 aliphatic carbocycles. The van der Waals surface area contributed by atoms with Crippen molar-refractivity contribution in [3.8, 4) is 0 Å². The molecule has 1 atom stereocenters. The molecule has 0 aromatic heterocycles. The zero-order valence-electron chi connectivity index (χ0n) is 13.4. The number of nitrogens with zero attached hydrogens (tertiary/aromatic N) is 2. The van der Waals surface area contributed by atoms with Gasteiger partial charge in [-0.15, -0.1) is 0 Å². The lowest BCUT2D eigenvalue weighted by Gasteiger charge is -2.23. The van der Waals surface area contributed by atoms with Crippen LogP contribution in [0.25, 0.3) is 0 Å². The number of benzene rings is 1. The van der Waals surface area contributed by atoms with Crippen LogP contribution >= 0.6 is 0 Å². The molecule has 1 amide bonds. The summed E-state index contributed by atoms with van der Waals surface area (Å²) in [7, 11) is 1.88. The fraction of sp³-hybridized carbons (Fsp3) is 0.556. The van der Waals surface area contributed by atoms with Gasteiger partial charge in [0.25, 0.3) is 0 Å². The number of carbonyl (C=O) groups is 1. The van der Waals surface area contributed by atoms with E-state index >= 15 is 0 Å². The van der Waals surface area contributed by atoms with E-state index in [9.17, 15) is 4.79 Å². The van der Waals surface area contributed by atoms with Crippen molar-refractivity contribution in [2.24, 2.45) is 11.1 Å². The summed E-state index contributed by atoms with van der Waals surface area (Å²) in [5.74, 6) is 0.494. The van der Waals surface area contributed by atoms with E-state index in [4.69, 9.17) is 4.84 Å². The van der Waals surface area contributed by atoms with Crippen molar-refractivity contribution >= 4 is 11.6 Å². The molecule has 0 radical (unpaired) electrons. The fourth-order valence-corrected chi connectivity index (χ4v) is 3.32. The smallest absolute Gasteiger partial charge is 0.225 e. The lowest BCUT2D eigenvalue weighted by atomic mass is 10.0. The van der Waals surface area contributed by atoms with Gasteiger partial charge in [0.1, 0.15) is 0 Å². The average molecular weight is 300 g/mol. The van der Waals surface area contributed by atoms with Crippen molar-refractivity contribution in [2.45, 2.75) is 45.1 Å². The molecule has 1 fully saturated rings. The molecule has 1 aliphatic heterocycles. The SMILES string of the molecule is Cc1ccc(C2=NO[C@@H](CN(C)C(=O)C3CCCC3)C2)cc1. The maximum Gasteiger partial charge on any atom is 0.225 e. The van der Waals surface area contributed by atoms with Crippen LogP contribution in [0.3, 0.4) is 0 Å². The summed E-state index contributed by atoms with van der Waals surface area (Å²) in [6.45, 7) is 2.69. The average Bonchev–Trinajstić information content (AvgIpc) is 3.18. The molecule has 2 aliphatic rings. The van der Waals surface area contributed by atoms with Crippen LogP contribution in [0.5, 0.6) is 0 Å². The minimum absolute atomic E-state index is 0.0216. The van der Waals surface area contributed by atoms with E-state index in [0.717, 1.165) is 30.5 Å². The van der Waals surface area contributed by atoms with E-state index in [2.05, 4.69) is 36.3 Å². The van der Waals surface area contributed by atoms with Gasteiger partial charge in [-0.1, -0.05) is 47.8 Å². The van der Waals surface area contributed by atoms with Crippen LogP contribution in [0.1, 0.15) is 43.2 Å². The number of aryl methyl sites for hydroxylation is 1. The quantitative estimate of drug-likeness (QED) is 0.857. The van der Waals surface area contributed by atoms with Crippen molar-refractivity contribution in [3.63, 3.8) is 0 Å². The number of hydrogen-bond acceptors (Lipinski definition) is 3. The van der Waals surface area contributed by atoms with Gasteiger partial charge in [0.2, 0.25) is 5.91 Å². The van der Waals surface area contributed by atoms with Crippen LogP contribution < -0.4 is 0 Å². The summed E-state index contributed by atoms with van der Waals surface area (Å²) in [6, 6.07) is 8.32. The third kappa shape index (κ3) is 3.32. The number of oxime groups is 1. The Morgan fingerprint density at radius 3 is 2.64 bits per heavy atom. The molecule has 0 bridgehead atoms. The highest BCUT2D eigenvalue weighted by atomic mass is 16.6. The van der Waals surface area contributed by atoms with E-state index in [0.29, 0.717) is 6.54 Å². The predicted molar refractivity (Wildman–Crippen MR) is 86.8 cm³/mol. The Labute approximate surface area is 132 Å². The molecule has 0 saturated heterocycles. The molecule has 22 heavy (non-hydrogen) atoms. The second-order valence-electron chi connectivity index (χ2n) is 6.54. The van der Waals surface area contributed by atoms with E-state index in [-0.39, 0.29) is 17.9 Å². The topological polar surface area (TPSA) is 41.9 Å². The van der Waals surface area contributed by atoms with E-state index in [1.54, 1.807) is 0 Å². The third-order valence-electron chi connectivity index (χ3n) is 4.68. The maximum atomic E-state index is 12.4. The Morgan fingerprint density at radius 1 is 1.27 bits per heavy atom. The molecule has 118 valence electrons. The Balaban J connectivity index is 1.53. The van der Waals surface area contributed by atoms with Gasteiger partial charge >= 0.3 is 0 Å². The maximum absolute atomic E-state index is 12.4. The zero-order valence-corrected chi connectivity index (χ0v) is 13.4. The summed E-state index contributed by atoms with van der Waals surface area (Å²) >= 11 is 0. The largest absolute Gasteiger partial charge is 0.390 e. The number of amides is 1. The van der Waals surface area contributed by atoms with E-state index in [1.165, 1.54) is 18.4 Å². The molecule has 0 unspecified atom stereocenters. The summed E-state index contributed by atoms with van der Waals surface area (Å²) in [5, 5.41) is 4.21. The van der Waals surface area contributed by atoms with E-state index < -0.39 is 0 Å². The Kier molecular flexibility index (Phi) is 4.46. The van der Waals surface area contributed by atoms with Gasteiger partial charge in [0.05, 0.1) is 12.3 Å². The molecule has 4 nitrogen and oxygen atoms in total. The fourth-order valence-electron chi connectivity index (χ4n) is 3.32. The molecule has 1 aromatic rings. The molecule has 0 N–H and O–H groups in total. The van der Waals surface area contributed by atoms with Gasteiger partial charge < -0.3 is 9.74 Å². The lowest BCUT2D eigenvalue weighted by Crippen LogP contribution is -2.37. The summed E-state index contributed by atoms with van der Waals surface area (Å²) in [4.78, 5) is 19.7. The van der Waals surface area contributed by atoms with Gasteiger partial charge in [-0.05, 0) is 25.3 Å². The first-order valence-electron chi connectivity index (χ1n) is 8.18. The summed E-state index contributed by atoms with van der Waals surface area (Å²) < 4.78 is 0. The van der Waals surface area contributed by atoms with Crippen molar-refractivity contribution < 1.29 is 9.63 Å². The minimum Gasteiger partial charge on any atom is -0.390 e. The highest BCUT2D eigenvalue weighted by Gasteiger charge is 2.29. The van der Waals surface area contributed by atoms with Crippen molar-refractivity contribution in [1.82, 2.24) is 4.90 Å². The highest BCUT2D eigenvalue weighted by molar-refractivity contribution is 6.01. The molecule has 1 aromatic carbocycles. The first-order chi connectivity index (χ1) is 10.6. The second-order valence-corrected chi connectivity index (χ2v) is 6.54. The molecule has 3 rings (SSSR count). The lowest BCUT2D eigenvalue weighted by molar-refractivity contribution is -0.135. The standard InChI is InChI=1S/C18H24N2O2/c1-13-7-9-14(10-8-13)17-11-16(22-19-17)12-20(2)18(21)15-5-3-4-6-15/h7-10,15-16H,3-6,11-12H2,1-2H3/t16-/m1/s1. The van der Waals surface area contributed by atoms with Gasteiger partial charge in [0.15, 0.2) is 6.10 Å². The number of rotatable bonds is 4. The normalized spacial score (nSPS) is 21.5. The van der Waals surface area contributed by atoms with Gasteiger partial charge in [-0.3, -0.25) is 4.79 Å². The van der Waals surface area contributed by atoms with Crippen LogP contribution in [0.4, 0.5) is 0 Å². The summed E-state index contributed by atoms with van der Waals surface area (Å²) in [5.41, 5.74) is 3.33. The van der Waals surface area contributed by atoms with Crippen LogP contribution in [0.2, 0.25) is 0 Å². The van der Waals surface area contributed by atoms with Gasteiger partial charge in [-0.2, -0.15) is 0 Å². The predicted octanol–water partition coefficient (Wildman–Crippen LogP) is 3.14. The molecule has 1 saturated carbocycles. The van der Waals surface area contributed by atoms with Crippen LogP contribution in [0, 0.1) is 12.8 Å².